The molecular formula is C8H19N. The van der Waals surface area contributed by atoms with Gasteiger partial charge in [0.2, 0.25) is 0 Å². The Morgan fingerprint density at radius 3 is 2.33 bits per heavy atom. The average molecular weight is 129 g/mol. The van der Waals surface area contributed by atoms with Crippen LogP contribution in [-0.4, -0.2) is 13.1 Å². The van der Waals surface area contributed by atoms with Gasteiger partial charge < -0.3 is 5.32 Å². The third-order valence-corrected chi connectivity index (χ3v) is 1.81. The Labute approximate surface area is 58.8 Å². The molecule has 0 aliphatic carbocycles. The van der Waals surface area contributed by atoms with Crippen LogP contribution >= 0.6 is 0 Å². The summed E-state index contributed by atoms with van der Waals surface area (Å²) in [5.74, 6) is 0. The summed E-state index contributed by atoms with van der Waals surface area (Å²) in [5.41, 5.74) is 0. The van der Waals surface area contributed by atoms with Gasteiger partial charge in [-0.15, -0.1) is 0 Å². The van der Waals surface area contributed by atoms with Crippen LogP contribution < -0.4 is 5.32 Å². The van der Waals surface area contributed by atoms with Crippen molar-refractivity contribution in [2.24, 2.45) is 0 Å². The van der Waals surface area contributed by atoms with E-state index in [2.05, 4.69) is 19.2 Å². The molecule has 0 rings (SSSR count). The van der Waals surface area contributed by atoms with E-state index in [9.17, 15) is 0 Å². The summed E-state index contributed by atoms with van der Waals surface area (Å²) in [4.78, 5) is 0. The fourth-order valence-corrected chi connectivity index (χ4v) is 1.00. The molecular weight excluding hydrogens is 110 g/mol. The molecule has 0 spiro atoms. The third-order valence-electron chi connectivity index (χ3n) is 1.81. The van der Waals surface area contributed by atoms with Crippen molar-refractivity contribution in [3.63, 3.8) is 0 Å². The molecule has 9 heavy (non-hydrogen) atoms. The molecule has 0 aliphatic heterocycles. The standard InChI is InChI=1S/C8H19N/c1-4-6-7-8(5-2)9-3/h8-9H,4-7H2,1-3H3/t8-/m1/s1. The molecule has 0 heterocycles. The monoisotopic (exact) mass is 129 g/mol. The van der Waals surface area contributed by atoms with Crippen molar-refractivity contribution >= 4 is 0 Å². The van der Waals surface area contributed by atoms with Gasteiger partial charge >= 0.3 is 0 Å². The molecule has 0 radical (unpaired) electrons. The highest BCUT2D eigenvalue weighted by molar-refractivity contribution is 4.60. The maximum atomic E-state index is 3.29. The summed E-state index contributed by atoms with van der Waals surface area (Å²) in [7, 11) is 2.05. The van der Waals surface area contributed by atoms with Crippen LogP contribution in [0.2, 0.25) is 0 Å². The van der Waals surface area contributed by atoms with Crippen LogP contribution in [-0.2, 0) is 0 Å². The van der Waals surface area contributed by atoms with Crippen molar-refractivity contribution in [1.29, 1.82) is 0 Å². The van der Waals surface area contributed by atoms with Gasteiger partial charge in [0.25, 0.3) is 0 Å². The normalized spacial score (nSPS) is 13.7. The Bertz CT molecular complexity index is 48.5. The molecule has 0 fully saturated rings. The van der Waals surface area contributed by atoms with Crippen molar-refractivity contribution in [2.45, 2.75) is 45.6 Å². The quantitative estimate of drug-likeness (QED) is 0.600. The lowest BCUT2D eigenvalue weighted by Crippen LogP contribution is -2.23. The van der Waals surface area contributed by atoms with Gasteiger partial charge in [-0.1, -0.05) is 26.7 Å². The van der Waals surface area contributed by atoms with Crippen molar-refractivity contribution in [3.05, 3.63) is 0 Å². The SMILES string of the molecule is CCCC[C@@H](CC)NC. The second-order valence-corrected chi connectivity index (χ2v) is 2.54. The van der Waals surface area contributed by atoms with E-state index in [4.69, 9.17) is 0 Å². The minimum absolute atomic E-state index is 0.755. The van der Waals surface area contributed by atoms with Gasteiger partial charge in [0, 0.05) is 6.04 Å². The van der Waals surface area contributed by atoms with E-state index in [1.165, 1.54) is 25.7 Å². The van der Waals surface area contributed by atoms with E-state index in [0.29, 0.717) is 0 Å². The topological polar surface area (TPSA) is 12.0 Å². The fraction of sp³-hybridized carbons (Fsp3) is 1.00. The van der Waals surface area contributed by atoms with E-state index in [1.54, 1.807) is 0 Å². The Morgan fingerprint density at radius 1 is 1.33 bits per heavy atom. The van der Waals surface area contributed by atoms with Gasteiger partial charge in [0.1, 0.15) is 0 Å². The highest BCUT2D eigenvalue weighted by Gasteiger charge is 1.99. The smallest absolute Gasteiger partial charge is 0.00614 e. The molecule has 1 heteroatoms. The fourth-order valence-electron chi connectivity index (χ4n) is 1.00. The lowest BCUT2D eigenvalue weighted by Gasteiger charge is -2.11. The van der Waals surface area contributed by atoms with Crippen LogP contribution in [0, 0.1) is 0 Å². The first-order chi connectivity index (χ1) is 4.35. The van der Waals surface area contributed by atoms with E-state index < -0.39 is 0 Å². The molecule has 0 amide bonds. The molecule has 0 unspecified atom stereocenters. The van der Waals surface area contributed by atoms with Crippen molar-refractivity contribution in [1.82, 2.24) is 5.32 Å². The zero-order chi connectivity index (χ0) is 7.11. The van der Waals surface area contributed by atoms with E-state index in [0.717, 1.165) is 6.04 Å². The Kier molecular flexibility index (Phi) is 6.06. The van der Waals surface area contributed by atoms with Crippen LogP contribution in [0.15, 0.2) is 0 Å². The molecule has 56 valence electrons. The lowest BCUT2D eigenvalue weighted by atomic mass is 10.1. The molecule has 1 atom stereocenters. The van der Waals surface area contributed by atoms with Crippen molar-refractivity contribution in [2.75, 3.05) is 7.05 Å². The number of hydrogen-bond acceptors (Lipinski definition) is 1. The van der Waals surface area contributed by atoms with Gasteiger partial charge in [-0.25, -0.2) is 0 Å². The second-order valence-electron chi connectivity index (χ2n) is 2.54. The molecule has 0 saturated carbocycles. The highest BCUT2D eigenvalue weighted by atomic mass is 14.9. The lowest BCUT2D eigenvalue weighted by molar-refractivity contribution is 0.488. The molecule has 0 aromatic heterocycles. The highest BCUT2D eigenvalue weighted by Crippen LogP contribution is 2.02. The number of unbranched alkanes of at least 4 members (excludes halogenated alkanes) is 1. The van der Waals surface area contributed by atoms with Crippen LogP contribution in [0.1, 0.15) is 39.5 Å². The van der Waals surface area contributed by atoms with E-state index >= 15 is 0 Å². The first-order valence-electron chi connectivity index (χ1n) is 4.02. The molecule has 1 N–H and O–H groups in total. The molecule has 0 bridgehead atoms. The third kappa shape index (κ3) is 4.46. The number of hydrogen-bond donors (Lipinski definition) is 1. The first kappa shape index (κ1) is 8.96. The van der Waals surface area contributed by atoms with Gasteiger partial charge in [-0.2, -0.15) is 0 Å². The first-order valence-corrected chi connectivity index (χ1v) is 4.02. The van der Waals surface area contributed by atoms with Gasteiger partial charge in [0.15, 0.2) is 0 Å². The summed E-state index contributed by atoms with van der Waals surface area (Å²) in [6.07, 6.45) is 5.28. The maximum Gasteiger partial charge on any atom is 0.00614 e. The second kappa shape index (κ2) is 6.09. The minimum Gasteiger partial charge on any atom is -0.317 e. The van der Waals surface area contributed by atoms with Crippen LogP contribution in [0.5, 0.6) is 0 Å². The van der Waals surface area contributed by atoms with Crippen molar-refractivity contribution < 1.29 is 0 Å². The predicted octanol–water partition coefficient (Wildman–Crippen LogP) is 2.17. The predicted molar refractivity (Wildman–Crippen MR) is 42.7 cm³/mol. The van der Waals surface area contributed by atoms with Crippen LogP contribution in [0.4, 0.5) is 0 Å². The van der Waals surface area contributed by atoms with Crippen LogP contribution in [0.3, 0.4) is 0 Å². The van der Waals surface area contributed by atoms with Gasteiger partial charge in [-0.05, 0) is 19.9 Å². The number of nitrogens with one attached hydrogen (secondary N) is 1. The van der Waals surface area contributed by atoms with Gasteiger partial charge in [0.05, 0.1) is 0 Å². The maximum absolute atomic E-state index is 3.29. The largest absolute Gasteiger partial charge is 0.317 e. The molecule has 0 aromatic carbocycles. The summed E-state index contributed by atoms with van der Waals surface area (Å²) in [6.45, 7) is 4.47. The zero-order valence-corrected chi connectivity index (χ0v) is 6.91. The van der Waals surface area contributed by atoms with Crippen molar-refractivity contribution in [3.8, 4) is 0 Å². The van der Waals surface area contributed by atoms with E-state index in [-0.39, 0.29) is 0 Å². The van der Waals surface area contributed by atoms with Gasteiger partial charge in [-0.3, -0.25) is 0 Å². The minimum atomic E-state index is 0.755. The molecule has 0 saturated heterocycles. The Balaban J connectivity index is 3.09. The Hall–Kier alpha value is -0.0400. The zero-order valence-electron chi connectivity index (χ0n) is 6.91. The molecule has 0 aliphatic rings. The summed E-state index contributed by atoms with van der Waals surface area (Å²) in [5, 5.41) is 3.29. The molecule has 0 aromatic rings. The Morgan fingerprint density at radius 2 is 2.00 bits per heavy atom. The summed E-state index contributed by atoms with van der Waals surface area (Å²) < 4.78 is 0. The summed E-state index contributed by atoms with van der Waals surface area (Å²) in [6, 6.07) is 0.755. The van der Waals surface area contributed by atoms with E-state index in [1.807, 2.05) is 7.05 Å². The average Bonchev–Trinajstić information content (AvgIpc) is 1.91. The molecule has 1 nitrogen and oxygen atoms in total. The van der Waals surface area contributed by atoms with Crippen LogP contribution in [0.25, 0.3) is 0 Å². The summed E-state index contributed by atoms with van der Waals surface area (Å²) >= 11 is 0. The number of rotatable bonds is 5.